The van der Waals surface area contributed by atoms with Crippen LogP contribution in [0.25, 0.3) is 0 Å². The summed E-state index contributed by atoms with van der Waals surface area (Å²) in [5.74, 6) is -0.520. The van der Waals surface area contributed by atoms with Crippen molar-refractivity contribution in [1.82, 2.24) is 5.43 Å². The fraction of sp³-hybridized carbons (Fsp3) is 0. The number of rotatable bonds is 2. The van der Waals surface area contributed by atoms with Crippen LogP contribution in [0.4, 0.5) is 0 Å². The summed E-state index contributed by atoms with van der Waals surface area (Å²) in [5, 5.41) is 2.77. The Balaban J connectivity index is 3.55. The standard InChI is InChI=1S/C4H4N2O2/c1-2-4(8)6-5-3-7/h2H,1H2,(H,6,8). The second-order valence-electron chi connectivity index (χ2n) is 0.883. The summed E-state index contributed by atoms with van der Waals surface area (Å²) in [6, 6.07) is 0. The van der Waals surface area contributed by atoms with Gasteiger partial charge in [0.25, 0.3) is 12.0 Å². The van der Waals surface area contributed by atoms with Gasteiger partial charge in [0.15, 0.2) is 0 Å². The fourth-order valence-corrected chi connectivity index (χ4v) is 0.124. The highest BCUT2D eigenvalue weighted by Gasteiger charge is 1.84. The summed E-state index contributed by atoms with van der Waals surface area (Å²) in [7, 11) is 0. The molecule has 0 aromatic heterocycles. The van der Waals surface area contributed by atoms with Crippen LogP contribution in [-0.2, 0) is 9.59 Å². The third-order valence-electron chi connectivity index (χ3n) is 0.397. The molecule has 0 atom stereocenters. The summed E-state index contributed by atoms with van der Waals surface area (Å²) in [6.07, 6.45) is 2.13. The number of isocyanates is 1. The summed E-state index contributed by atoms with van der Waals surface area (Å²) >= 11 is 0. The molecule has 8 heavy (non-hydrogen) atoms. The van der Waals surface area contributed by atoms with Gasteiger partial charge in [0, 0.05) is 0 Å². The lowest BCUT2D eigenvalue weighted by Gasteiger charge is -1.82. The molecule has 4 nitrogen and oxygen atoms in total. The van der Waals surface area contributed by atoms with Crippen LogP contribution >= 0.6 is 0 Å². The van der Waals surface area contributed by atoms with Crippen LogP contribution in [0.1, 0.15) is 0 Å². The van der Waals surface area contributed by atoms with Gasteiger partial charge in [-0.2, -0.15) is 0 Å². The molecule has 0 saturated carbocycles. The lowest BCUT2D eigenvalue weighted by molar-refractivity contribution is -0.116. The second-order valence-corrected chi connectivity index (χ2v) is 0.883. The molecular formula is C4H4N2O2. The molecule has 4 heteroatoms. The van der Waals surface area contributed by atoms with Gasteiger partial charge in [-0.05, 0) is 6.08 Å². The molecule has 42 valence electrons. The molecule has 1 amide bonds. The van der Waals surface area contributed by atoms with E-state index in [1.165, 1.54) is 0 Å². The third-order valence-corrected chi connectivity index (χ3v) is 0.397. The van der Waals surface area contributed by atoms with Crippen molar-refractivity contribution in [2.75, 3.05) is 0 Å². The van der Waals surface area contributed by atoms with Gasteiger partial charge in [-0.3, -0.25) is 4.79 Å². The molecule has 0 aromatic rings. The largest absolute Gasteiger partial charge is 0.268 e. The number of hydrogen-bond donors (Lipinski definition) is 1. The Morgan fingerprint density at radius 3 is 2.88 bits per heavy atom. The Morgan fingerprint density at radius 1 is 1.88 bits per heavy atom. The summed E-state index contributed by atoms with van der Waals surface area (Å²) in [5.41, 5.74) is 1.83. The molecular weight excluding hydrogens is 108 g/mol. The first-order chi connectivity index (χ1) is 3.81. The van der Waals surface area contributed by atoms with Gasteiger partial charge in [-0.15, -0.1) is 0 Å². The van der Waals surface area contributed by atoms with E-state index in [0.29, 0.717) is 0 Å². The van der Waals surface area contributed by atoms with Crippen molar-refractivity contribution in [3.8, 4) is 0 Å². The first-order valence-corrected chi connectivity index (χ1v) is 1.80. The minimum absolute atomic E-state index is 0.520. The van der Waals surface area contributed by atoms with Crippen LogP contribution in [-0.4, -0.2) is 12.0 Å². The van der Waals surface area contributed by atoms with Crippen molar-refractivity contribution >= 4 is 12.0 Å². The lowest BCUT2D eigenvalue weighted by atomic mass is 10.6. The van der Waals surface area contributed by atoms with Crippen molar-refractivity contribution < 1.29 is 9.59 Å². The number of hydrogen-bond acceptors (Lipinski definition) is 3. The molecule has 0 unspecified atom stereocenters. The average molecular weight is 112 g/mol. The van der Waals surface area contributed by atoms with Crippen LogP contribution in [0, 0.1) is 0 Å². The van der Waals surface area contributed by atoms with Gasteiger partial charge < -0.3 is 0 Å². The molecule has 0 heterocycles. The van der Waals surface area contributed by atoms with Gasteiger partial charge in [-0.1, -0.05) is 11.7 Å². The van der Waals surface area contributed by atoms with Gasteiger partial charge in [0.1, 0.15) is 0 Å². The van der Waals surface area contributed by atoms with Crippen LogP contribution in [0.5, 0.6) is 0 Å². The molecule has 0 bridgehead atoms. The van der Waals surface area contributed by atoms with Crippen molar-refractivity contribution in [3.05, 3.63) is 12.7 Å². The second kappa shape index (κ2) is 3.77. The maximum absolute atomic E-state index is 10.1. The Bertz CT molecular complexity index is 146. The maximum atomic E-state index is 10.1. The molecule has 0 aliphatic rings. The Hall–Kier alpha value is -1.41. The zero-order valence-electron chi connectivity index (χ0n) is 4.05. The maximum Gasteiger partial charge on any atom is 0.264 e. The Labute approximate surface area is 45.9 Å². The smallest absolute Gasteiger partial charge is 0.264 e. The number of carbonyl (C=O) groups is 1. The van der Waals surface area contributed by atoms with Gasteiger partial charge >= 0.3 is 0 Å². The Kier molecular flexibility index (Phi) is 3.10. The minimum atomic E-state index is -0.520. The number of hydrazone groups is 1. The molecule has 0 aromatic carbocycles. The van der Waals surface area contributed by atoms with Crippen LogP contribution < -0.4 is 5.43 Å². The third kappa shape index (κ3) is 2.81. The molecule has 0 saturated heterocycles. The SMILES string of the molecule is C=CC(=O)NN=C=O. The van der Waals surface area contributed by atoms with Crippen LogP contribution in [0.15, 0.2) is 17.8 Å². The van der Waals surface area contributed by atoms with Crippen molar-refractivity contribution in [2.24, 2.45) is 5.10 Å². The quantitative estimate of drug-likeness (QED) is 0.227. The number of nitrogens with zero attached hydrogens (tertiary/aromatic N) is 1. The van der Waals surface area contributed by atoms with E-state index >= 15 is 0 Å². The lowest BCUT2D eigenvalue weighted by Crippen LogP contribution is -2.12. The predicted molar refractivity (Wildman–Crippen MR) is 26.5 cm³/mol. The monoisotopic (exact) mass is 112 g/mol. The summed E-state index contributed by atoms with van der Waals surface area (Å²) in [6.45, 7) is 3.11. The van der Waals surface area contributed by atoms with E-state index in [2.05, 4.69) is 11.7 Å². The predicted octanol–water partition coefficient (Wildman–Crippen LogP) is -0.461. The van der Waals surface area contributed by atoms with E-state index < -0.39 is 5.91 Å². The number of nitrogens with one attached hydrogen (secondary N) is 1. The van der Waals surface area contributed by atoms with Crippen molar-refractivity contribution in [3.63, 3.8) is 0 Å². The fourth-order valence-electron chi connectivity index (χ4n) is 0.124. The highest BCUT2D eigenvalue weighted by atomic mass is 16.2. The molecule has 0 aliphatic heterocycles. The first-order valence-electron chi connectivity index (χ1n) is 1.80. The van der Waals surface area contributed by atoms with Crippen molar-refractivity contribution in [1.29, 1.82) is 0 Å². The summed E-state index contributed by atoms with van der Waals surface area (Å²) < 4.78 is 0. The van der Waals surface area contributed by atoms with Crippen LogP contribution in [0.2, 0.25) is 0 Å². The molecule has 0 spiro atoms. The Morgan fingerprint density at radius 2 is 2.50 bits per heavy atom. The molecule has 0 aliphatic carbocycles. The van der Waals surface area contributed by atoms with E-state index in [1.54, 1.807) is 0 Å². The molecule has 0 rings (SSSR count). The van der Waals surface area contributed by atoms with Crippen LogP contribution in [0.3, 0.4) is 0 Å². The van der Waals surface area contributed by atoms with E-state index in [1.807, 2.05) is 5.43 Å². The molecule has 0 fully saturated rings. The molecule has 0 radical (unpaired) electrons. The highest BCUT2D eigenvalue weighted by Crippen LogP contribution is 1.61. The topological polar surface area (TPSA) is 58.5 Å². The van der Waals surface area contributed by atoms with Gasteiger partial charge in [0.05, 0.1) is 0 Å². The minimum Gasteiger partial charge on any atom is -0.268 e. The molecule has 1 N–H and O–H groups in total. The normalized spacial score (nSPS) is 6.50. The number of amides is 1. The van der Waals surface area contributed by atoms with E-state index in [9.17, 15) is 9.59 Å². The van der Waals surface area contributed by atoms with E-state index in [-0.39, 0.29) is 0 Å². The van der Waals surface area contributed by atoms with E-state index in [0.717, 1.165) is 12.2 Å². The van der Waals surface area contributed by atoms with E-state index in [4.69, 9.17) is 0 Å². The highest BCUT2D eigenvalue weighted by molar-refractivity contribution is 5.86. The van der Waals surface area contributed by atoms with Crippen molar-refractivity contribution in [2.45, 2.75) is 0 Å². The van der Waals surface area contributed by atoms with Gasteiger partial charge in [-0.25, -0.2) is 10.2 Å². The van der Waals surface area contributed by atoms with Gasteiger partial charge in [0.2, 0.25) is 0 Å². The summed E-state index contributed by atoms with van der Waals surface area (Å²) in [4.78, 5) is 19.4. The zero-order valence-corrected chi connectivity index (χ0v) is 4.05. The first kappa shape index (κ1) is 6.59. The zero-order chi connectivity index (χ0) is 6.41. The average Bonchev–Trinajstić information content (AvgIpc) is 1.83. The number of carbonyl (C=O) groups excluding carboxylic acids is 2.